The van der Waals surface area contributed by atoms with Crippen LogP contribution in [0.5, 0.6) is 0 Å². The topological polar surface area (TPSA) is 62.6 Å². The summed E-state index contributed by atoms with van der Waals surface area (Å²) in [6.45, 7) is 5.02. The third kappa shape index (κ3) is 5.09. The molecule has 2 aromatic heterocycles. The van der Waals surface area contributed by atoms with Crippen molar-refractivity contribution >= 4 is 33.2 Å². The number of fused-ring (bicyclic) bond motifs is 1. The molecule has 0 spiro atoms. The molecule has 180 valence electrons. The lowest BCUT2D eigenvalue weighted by atomic mass is 10.1. The van der Waals surface area contributed by atoms with Gasteiger partial charge in [0.15, 0.2) is 0 Å². The number of carbonyl (C=O) groups excluding carboxylic acids is 2. The molecule has 34 heavy (non-hydrogen) atoms. The second-order valence-electron chi connectivity index (χ2n) is 9.79. The van der Waals surface area contributed by atoms with Crippen molar-refractivity contribution < 1.29 is 9.59 Å². The molecule has 4 rings (SSSR count). The molecule has 0 saturated heterocycles. The number of rotatable bonds is 7. The predicted octanol–water partition coefficient (Wildman–Crippen LogP) is 5.18. The summed E-state index contributed by atoms with van der Waals surface area (Å²) in [5.41, 5.74) is -0.335. The summed E-state index contributed by atoms with van der Waals surface area (Å²) in [5, 5.41) is 1.15. The van der Waals surface area contributed by atoms with Gasteiger partial charge in [-0.2, -0.15) is 0 Å². The molecule has 1 aromatic carbocycles. The van der Waals surface area contributed by atoms with Crippen LogP contribution in [0.25, 0.3) is 10.1 Å². The van der Waals surface area contributed by atoms with Gasteiger partial charge in [-0.25, -0.2) is 0 Å². The van der Waals surface area contributed by atoms with Crippen molar-refractivity contribution in [2.24, 2.45) is 5.92 Å². The number of carbonyl (C=O) groups is 2. The Morgan fingerprint density at radius 3 is 2.26 bits per heavy atom. The third-order valence-corrected chi connectivity index (χ3v) is 7.56. The summed E-state index contributed by atoms with van der Waals surface area (Å²) >= 11 is 1.65. The smallest absolute Gasteiger partial charge is 0.259 e. The van der Waals surface area contributed by atoms with E-state index in [1.165, 1.54) is 4.70 Å². The molecule has 0 aliphatic heterocycles. The Kier molecular flexibility index (Phi) is 7.22. The minimum absolute atomic E-state index is 0.0688. The first-order valence-electron chi connectivity index (χ1n) is 12.0. The van der Waals surface area contributed by atoms with Crippen LogP contribution in [-0.4, -0.2) is 46.8 Å². The number of hydrogen-bond acceptors (Lipinski definition) is 4. The molecule has 6 nitrogen and oxygen atoms in total. The normalized spacial score (nSPS) is 14.1. The van der Waals surface area contributed by atoms with Crippen molar-refractivity contribution in [3.63, 3.8) is 0 Å². The molecular formula is C27H33N3O3S. The highest BCUT2D eigenvalue weighted by molar-refractivity contribution is 7.19. The van der Waals surface area contributed by atoms with Gasteiger partial charge in [-0.15, -0.1) is 11.3 Å². The molecule has 1 fully saturated rings. The van der Waals surface area contributed by atoms with E-state index in [1.54, 1.807) is 47.6 Å². The summed E-state index contributed by atoms with van der Waals surface area (Å²) in [6, 6.07) is 10.4. The van der Waals surface area contributed by atoms with E-state index in [0.717, 1.165) is 35.9 Å². The van der Waals surface area contributed by atoms with Crippen LogP contribution in [0.2, 0.25) is 0 Å². The third-order valence-electron chi connectivity index (χ3n) is 6.45. The molecule has 0 atom stereocenters. The first kappa shape index (κ1) is 24.2. The van der Waals surface area contributed by atoms with Crippen molar-refractivity contribution in [1.82, 2.24) is 14.4 Å². The maximum absolute atomic E-state index is 13.5. The fourth-order valence-electron chi connectivity index (χ4n) is 4.78. The van der Waals surface area contributed by atoms with Crippen LogP contribution >= 0.6 is 11.3 Å². The van der Waals surface area contributed by atoms with Gasteiger partial charge in [0.05, 0.1) is 6.54 Å². The zero-order valence-corrected chi connectivity index (χ0v) is 21.2. The van der Waals surface area contributed by atoms with Crippen LogP contribution in [0.15, 0.2) is 47.5 Å². The van der Waals surface area contributed by atoms with Gasteiger partial charge in [0, 0.05) is 48.7 Å². The SMILES string of the molecule is CC(C)CN(C)C(=O)c1cn(C2CCCC2)cc(C(=O)N(C)Cc2cc3ccccc3s2)c1=O. The molecule has 7 heteroatoms. The molecule has 0 unspecified atom stereocenters. The lowest BCUT2D eigenvalue weighted by Crippen LogP contribution is -2.38. The van der Waals surface area contributed by atoms with E-state index in [2.05, 4.69) is 18.2 Å². The molecule has 1 aliphatic rings. The maximum Gasteiger partial charge on any atom is 0.259 e. The highest BCUT2D eigenvalue weighted by atomic mass is 32.1. The van der Waals surface area contributed by atoms with Crippen LogP contribution in [0.3, 0.4) is 0 Å². The maximum atomic E-state index is 13.5. The molecule has 1 aliphatic carbocycles. The Labute approximate surface area is 204 Å². The molecule has 0 radical (unpaired) electrons. The quantitative estimate of drug-likeness (QED) is 0.469. The van der Waals surface area contributed by atoms with E-state index in [4.69, 9.17) is 0 Å². The van der Waals surface area contributed by atoms with Crippen LogP contribution < -0.4 is 5.43 Å². The predicted molar refractivity (Wildman–Crippen MR) is 138 cm³/mol. The van der Waals surface area contributed by atoms with Crippen molar-refractivity contribution in [3.05, 3.63) is 69.0 Å². The second-order valence-corrected chi connectivity index (χ2v) is 11.0. The molecule has 1 saturated carbocycles. The Bertz CT molecular complexity index is 1220. The zero-order chi connectivity index (χ0) is 24.4. The summed E-state index contributed by atoms with van der Waals surface area (Å²) in [5.74, 6) is -0.397. The highest BCUT2D eigenvalue weighted by Gasteiger charge is 2.26. The molecular weight excluding hydrogens is 446 g/mol. The Balaban J connectivity index is 1.67. The van der Waals surface area contributed by atoms with Crippen molar-refractivity contribution in [2.75, 3.05) is 20.6 Å². The van der Waals surface area contributed by atoms with Gasteiger partial charge in [-0.1, -0.05) is 44.9 Å². The van der Waals surface area contributed by atoms with E-state index in [1.807, 2.05) is 30.5 Å². The van der Waals surface area contributed by atoms with Gasteiger partial charge < -0.3 is 14.4 Å². The molecule has 2 amide bonds. The van der Waals surface area contributed by atoms with Crippen molar-refractivity contribution in [1.29, 1.82) is 0 Å². The first-order chi connectivity index (χ1) is 16.2. The van der Waals surface area contributed by atoms with Gasteiger partial charge >= 0.3 is 0 Å². The minimum atomic E-state index is -0.483. The number of thiophene rings is 1. The number of hydrogen-bond donors (Lipinski definition) is 0. The van der Waals surface area contributed by atoms with E-state index in [9.17, 15) is 14.4 Å². The molecule has 0 bridgehead atoms. The second kappa shape index (κ2) is 10.1. The van der Waals surface area contributed by atoms with Gasteiger partial charge in [0.1, 0.15) is 11.1 Å². The van der Waals surface area contributed by atoms with Crippen LogP contribution in [0.1, 0.15) is 71.2 Å². The summed E-state index contributed by atoms with van der Waals surface area (Å²) in [4.78, 5) is 44.3. The average molecular weight is 480 g/mol. The Hall–Kier alpha value is -2.93. The number of amides is 2. The van der Waals surface area contributed by atoms with E-state index in [-0.39, 0.29) is 34.9 Å². The zero-order valence-electron chi connectivity index (χ0n) is 20.4. The van der Waals surface area contributed by atoms with Gasteiger partial charge in [0.2, 0.25) is 5.43 Å². The Morgan fingerprint density at radius 2 is 1.65 bits per heavy atom. The van der Waals surface area contributed by atoms with Crippen LogP contribution in [0, 0.1) is 5.92 Å². The number of aromatic nitrogens is 1. The number of benzene rings is 1. The molecule has 3 aromatic rings. The van der Waals surface area contributed by atoms with Crippen LogP contribution in [0.4, 0.5) is 0 Å². The highest BCUT2D eigenvalue weighted by Crippen LogP contribution is 2.30. The van der Waals surface area contributed by atoms with E-state index in [0.29, 0.717) is 13.1 Å². The fraction of sp³-hybridized carbons (Fsp3) is 0.444. The van der Waals surface area contributed by atoms with E-state index < -0.39 is 5.43 Å². The lowest BCUT2D eigenvalue weighted by molar-refractivity contribution is 0.0774. The average Bonchev–Trinajstić information content (AvgIpc) is 3.47. The monoisotopic (exact) mass is 479 g/mol. The summed E-state index contributed by atoms with van der Waals surface area (Å²) in [6.07, 6.45) is 7.54. The van der Waals surface area contributed by atoms with Crippen molar-refractivity contribution in [2.45, 2.75) is 52.1 Å². The molecule has 2 heterocycles. The first-order valence-corrected chi connectivity index (χ1v) is 12.8. The van der Waals surface area contributed by atoms with Gasteiger partial charge in [0.25, 0.3) is 11.8 Å². The molecule has 0 N–H and O–H groups in total. The van der Waals surface area contributed by atoms with Crippen LogP contribution in [-0.2, 0) is 6.54 Å². The Morgan fingerprint density at radius 1 is 1.03 bits per heavy atom. The van der Waals surface area contributed by atoms with E-state index >= 15 is 0 Å². The summed E-state index contributed by atoms with van der Waals surface area (Å²) in [7, 11) is 3.43. The number of nitrogens with zero attached hydrogens (tertiary/aromatic N) is 3. The number of pyridine rings is 1. The van der Waals surface area contributed by atoms with Crippen molar-refractivity contribution in [3.8, 4) is 0 Å². The minimum Gasteiger partial charge on any atom is -0.349 e. The fourth-order valence-corrected chi connectivity index (χ4v) is 5.90. The van der Waals surface area contributed by atoms with Gasteiger partial charge in [-0.05, 0) is 36.3 Å². The standard InChI is InChI=1S/C27H33N3O3S/c1-18(2)14-28(3)26(32)22-16-30(20-10-6-7-11-20)17-23(25(22)31)27(33)29(4)15-21-13-19-9-5-8-12-24(19)34-21/h5,8-9,12-13,16-18,20H,6-7,10-11,14-15H2,1-4H3. The summed E-state index contributed by atoms with van der Waals surface area (Å²) < 4.78 is 3.11. The largest absolute Gasteiger partial charge is 0.349 e. The lowest BCUT2D eigenvalue weighted by Gasteiger charge is -2.23. The van der Waals surface area contributed by atoms with Gasteiger partial charge in [-0.3, -0.25) is 14.4 Å².